The van der Waals surface area contributed by atoms with E-state index in [-0.39, 0.29) is 6.04 Å². The highest BCUT2D eigenvalue weighted by Gasteiger charge is 2.25. The number of aliphatic hydroxyl groups is 1. The van der Waals surface area contributed by atoms with Gasteiger partial charge in [0.1, 0.15) is 5.69 Å². The van der Waals surface area contributed by atoms with Gasteiger partial charge in [-0.3, -0.25) is 0 Å². The van der Waals surface area contributed by atoms with Gasteiger partial charge in [-0.25, -0.2) is 4.79 Å². The molecule has 1 heterocycles. The lowest BCUT2D eigenvalue weighted by molar-refractivity contribution is 0.0685. The van der Waals surface area contributed by atoms with Crippen LogP contribution in [0.1, 0.15) is 47.5 Å². The molecule has 1 unspecified atom stereocenters. The van der Waals surface area contributed by atoms with Gasteiger partial charge in [0.25, 0.3) is 0 Å². The van der Waals surface area contributed by atoms with Gasteiger partial charge in [0.05, 0.1) is 6.10 Å². The van der Waals surface area contributed by atoms with E-state index in [1.807, 2.05) is 22.8 Å². The van der Waals surface area contributed by atoms with Crippen LogP contribution in [0.25, 0.3) is 10.9 Å². The Balaban J connectivity index is 1.42. The fourth-order valence-corrected chi connectivity index (χ4v) is 4.15. The summed E-state index contributed by atoms with van der Waals surface area (Å²) in [5, 5.41) is 24.9. The molecule has 3 aromatic rings. The highest BCUT2D eigenvalue weighted by Crippen LogP contribution is 2.33. The summed E-state index contributed by atoms with van der Waals surface area (Å²) in [5.41, 5.74) is 3.28. The lowest BCUT2D eigenvalue weighted by atomic mass is 10.0. The monoisotopic (exact) mass is 426 g/mol. The minimum absolute atomic E-state index is 0.156. The van der Waals surface area contributed by atoms with Crippen LogP contribution in [0.2, 0.25) is 5.02 Å². The first kappa shape index (κ1) is 20.9. The van der Waals surface area contributed by atoms with Gasteiger partial charge < -0.3 is 20.1 Å². The summed E-state index contributed by atoms with van der Waals surface area (Å²) in [7, 11) is 0. The van der Waals surface area contributed by atoms with Crippen molar-refractivity contribution in [1.29, 1.82) is 0 Å². The van der Waals surface area contributed by atoms with Gasteiger partial charge in [-0.05, 0) is 73.6 Å². The van der Waals surface area contributed by atoms with Gasteiger partial charge in [0, 0.05) is 35.1 Å². The summed E-state index contributed by atoms with van der Waals surface area (Å²) in [6.45, 7) is 3.30. The van der Waals surface area contributed by atoms with Gasteiger partial charge in [0.2, 0.25) is 0 Å². The van der Waals surface area contributed by atoms with Crippen molar-refractivity contribution in [3.63, 3.8) is 0 Å². The molecule has 0 spiro atoms. The topological polar surface area (TPSA) is 74.5 Å². The molecule has 30 heavy (non-hydrogen) atoms. The van der Waals surface area contributed by atoms with E-state index < -0.39 is 12.1 Å². The molecule has 2 aromatic carbocycles. The van der Waals surface area contributed by atoms with E-state index in [0.29, 0.717) is 23.2 Å². The molecule has 1 aliphatic carbocycles. The molecule has 2 atom stereocenters. The standard InChI is InChI=1S/C24H27ClN2O3/c1-15(26-13-23(28)18-3-2-4-20(25)11-18)9-17-7-8-21-19(10-17)12-22(24(29)30)27(21)14-16-5-6-16/h2-4,7-8,10-12,15-16,23,26,28H,5-6,9,13-14H2,1H3,(H,29,30)/t15?,23-/m0/s1. The molecule has 0 radical (unpaired) electrons. The average Bonchev–Trinajstić information content (AvgIpc) is 3.46. The zero-order chi connectivity index (χ0) is 21.3. The number of carbonyl (C=O) groups is 1. The second kappa shape index (κ2) is 8.80. The fraction of sp³-hybridized carbons (Fsp3) is 0.375. The maximum atomic E-state index is 11.7. The van der Waals surface area contributed by atoms with E-state index in [4.69, 9.17) is 11.6 Å². The third kappa shape index (κ3) is 4.86. The van der Waals surface area contributed by atoms with E-state index in [2.05, 4.69) is 24.4 Å². The number of hydrogen-bond donors (Lipinski definition) is 3. The maximum absolute atomic E-state index is 11.7. The first-order chi connectivity index (χ1) is 14.4. The molecule has 0 aliphatic heterocycles. The van der Waals surface area contributed by atoms with Crippen LogP contribution in [0.15, 0.2) is 48.5 Å². The average molecular weight is 427 g/mol. The maximum Gasteiger partial charge on any atom is 0.352 e. The molecule has 6 heteroatoms. The van der Waals surface area contributed by atoms with Crippen molar-refractivity contribution in [1.82, 2.24) is 9.88 Å². The molecule has 5 nitrogen and oxygen atoms in total. The summed E-state index contributed by atoms with van der Waals surface area (Å²) < 4.78 is 1.95. The fourth-order valence-electron chi connectivity index (χ4n) is 3.95. The van der Waals surface area contributed by atoms with Crippen LogP contribution in [-0.4, -0.2) is 33.3 Å². The van der Waals surface area contributed by atoms with Crippen LogP contribution in [0.3, 0.4) is 0 Å². The van der Waals surface area contributed by atoms with Gasteiger partial charge in [-0.2, -0.15) is 0 Å². The molecule has 1 aliphatic rings. The molecule has 1 fully saturated rings. The quantitative estimate of drug-likeness (QED) is 0.465. The molecule has 158 valence electrons. The molecular weight excluding hydrogens is 400 g/mol. The van der Waals surface area contributed by atoms with E-state index in [1.54, 1.807) is 18.2 Å². The normalized spacial score (nSPS) is 16.0. The Bertz CT molecular complexity index is 1060. The lowest BCUT2D eigenvalue weighted by Gasteiger charge is -2.18. The predicted octanol–water partition coefficient (Wildman–Crippen LogP) is 4.66. The van der Waals surface area contributed by atoms with Crippen LogP contribution < -0.4 is 5.32 Å². The number of nitrogens with zero attached hydrogens (tertiary/aromatic N) is 1. The van der Waals surface area contributed by atoms with Crippen molar-refractivity contribution < 1.29 is 15.0 Å². The lowest BCUT2D eigenvalue weighted by Crippen LogP contribution is -2.32. The third-order valence-electron chi connectivity index (χ3n) is 5.76. The third-order valence-corrected chi connectivity index (χ3v) is 5.99. The molecule has 3 N–H and O–H groups in total. The first-order valence-electron chi connectivity index (χ1n) is 10.4. The van der Waals surface area contributed by atoms with Crippen molar-refractivity contribution in [3.8, 4) is 0 Å². The number of aliphatic hydroxyl groups excluding tert-OH is 1. The van der Waals surface area contributed by atoms with Crippen molar-refractivity contribution in [2.24, 2.45) is 5.92 Å². The molecule has 0 saturated heterocycles. The molecule has 4 rings (SSSR count). The number of aromatic carboxylic acids is 1. The summed E-state index contributed by atoms with van der Waals surface area (Å²) in [6.07, 6.45) is 2.53. The largest absolute Gasteiger partial charge is 0.477 e. The zero-order valence-electron chi connectivity index (χ0n) is 17.0. The molecule has 1 aromatic heterocycles. The number of benzene rings is 2. The summed E-state index contributed by atoms with van der Waals surface area (Å²) in [4.78, 5) is 11.7. The highest BCUT2D eigenvalue weighted by molar-refractivity contribution is 6.30. The smallest absolute Gasteiger partial charge is 0.352 e. The number of rotatable bonds is 9. The van der Waals surface area contributed by atoms with Crippen molar-refractivity contribution in [2.45, 2.75) is 44.9 Å². The second-order valence-corrected chi connectivity index (χ2v) is 8.80. The predicted molar refractivity (Wildman–Crippen MR) is 119 cm³/mol. The van der Waals surface area contributed by atoms with E-state index in [1.165, 1.54) is 12.8 Å². The minimum atomic E-state index is -0.876. The Morgan fingerprint density at radius 1 is 1.23 bits per heavy atom. The van der Waals surface area contributed by atoms with Crippen LogP contribution in [0, 0.1) is 5.92 Å². The van der Waals surface area contributed by atoms with Gasteiger partial charge in [-0.15, -0.1) is 0 Å². The Morgan fingerprint density at radius 2 is 2.03 bits per heavy atom. The number of halogens is 1. The van der Waals surface area contributed by atoms with Gasteiger partial charge >= 0.3 is 5.97 Å². The number of carboxylic acid groups (broad SMARTS) is 1. The summed E-state index contributed by atoms with van der Waals surface area (Å²) in [6, 6.07) is 15.4. The number of nitrogens with one attached hydrogen (secondary N) is 1. The highest BCUT2D eigenvalue weighted by atomic mass is 35.5. The zero-order valence-corrected chi connectivity index (χ0v) is 17.8. The molecular formula is C24H27ClN2O3. The van der Waals surface area contributed by atoms with E-state index >= 15 is 0 Å². The van der Waals surface area contributed by atoms with Gasteiger partial charge in [-0.1, -0.05) is 29.8 Å². The molecule has 0 bridgehead atoms. The van der Waals surface area contributed by atoms with Crippen LogP contribution >= 0.6 is 11.6 Å². The molecule has 0 amide bonds. The Kier molecular flexibility index (Phi) is 6.14. The van der Waals surface area contributed by atoms with Crippen molar-refractivity contribution >= 4 is 28.5 Å². The van der Waals surface area contributed by atoms with E-state index in [0.717, 1.165) is 35.0 Å². The summed E-state index contributed by atoms with van der Waals surface area (Å²) >= 11 is 6.00. The van der Waals surface area contributed by atoms with Crippen LogP contribution in [-0.2, 0) is 13.0 Å². The van der Waals surface area contributed by atoms with E-state index in [9.17, 15) is 15.0 Å². The number of fused-ring (bicyclic) bond motifs is 1. The minimum Gasteiger partial charge on any atom is -0.477 e. The Morgan fingerprint density at radius 3 is 2.73 bits per heavy atom. The summed E-state index contributed by atoms with van der Waals surface area (Å²) in [5.74, 6) is -0.271. The number of aromatic nitrogens is 1. The van der Waals surface area contributed by atoms with Crippen LogP contribution in [0.4, 0.5) is 0 Å². The second-order valence-electron chi connectivity index (χ2n) is 8.37. The number of hydrogen-bond acceptors (Lipinski definition) is 3. The SMILES string of the molecule is CC(Cc1ccc2c(c1)cc(C(=O)O)n2CC1CC1)NC[C@H](O)c1cccc(Cl)c1. The Hall–Kier alpha value is -2.34. The molecule has 1 saturated carbocycles. The van der Waals surface area contributed by atoms with Gasteiger partial charge in [0.15, 0.2) is 0 Å². The number of carboxylic acids is 1. The Labute approximate surface area is 181 Å². The first-order valence-corrected chi connectivity index (χ1v) is 10.8. The van der Waals surface area contributed by atoms with Crippen molar-refractivity contribution in [3.05, 3.63) is 70.4 Å². The van der Waals surface area contributed by atoms with Crippen molar-refractivity contribution in [2.75, 3.05) is 6.54 Å². The van der Waals surface area contributed by atoms with Crippen LogP contribution in [0.5, 0.6) is 0 Å².